The molecule has 0 radical (unpaired) electrons. The van der Waals surface area contributed by atoms with E-state index in [2.05, 4.69) is 25.9 Å². The maximum absolute atomic E-state index is 6.17. The second-order valence-electron chi connectivity index (χ2n) is 6.20. The number of hydrogen-bond acceptors (Lipinski definition) is 2. The quantitative estimate of drug-likeness (QED) is 0.616. The maximum Gasteiger partial charge on any atom is 0.101 e. The molecule has 1 aliphatic heterocycles. The lowest BCUT2D eigenvalue weighted by Gasteiger charge is -2.26. The number of epoxide rings is 1. The molecule has 0 bridgehead atoms. The summed E-state index contributed by atoms with van der Waals surface area (Å²) in [7, 11) is 4.46. The molecule has 1 saturated heterocycles. The molecule has 0 amide bonds. The second-order valence-corrected chi connectivity index (χ2v) is 6.20. The molecule has 0 aromatic heterocycles. The number of nitrogens with zero attached hydrogens (tertiary/aromatic N) is 1. The lowest BCUT2D eigenvalue weighted by atomic mass is 9.84. The minimum Gasteiger partial charge on any atom is -0.363 e. The van der Waals surface area contributed by atoms with Crippen molar-refractivity contribution in [2.75, 3.05) is 14.1 Å². The SMILES string of the molecule is CN(C)[C@@H]1CC[C@@]2(C)O[C@]23CCC[C@@H]3C1. The third-order valence-corrected chi connectivity index (χ3v) is 5.26. The molecule has 2 aliphatic carbocycles. The van der Waals surface area contributed by atoms with Gasteiger partial charge in [-0.2, -0.15) is 0 Å². The molecule has 15 heavy (non-hydrogen) atoms. The Kier molecular flexibility index (Phi) is 2.01. The Labute approximate surface area is 93.0 Å². The van der Waals surface area contributed by atoms with Gasteiger partial charge in [0.2, 0.25) is 0 Å². The van der Waals surface area contributed by atoms with E-state index in [9.17, 15) is 0 Å². The Bertz CT molecular complexity index is 278. The van der Waals surface area contributed by atoms with Crippen LogP contribution in [0.2, 0.25) is 0 Å². The molecular formula is C13H23NO. The summed E-state index contributed by atoms with van der Waals surface area (Å²) >= 11 is 0. The molecule has 3 rings (SSSR count). The number of hydrogen-bond donors (Lipinski definition) is 0. The first-order valence-electron chi connectivity index (χ1n) is 6.44. The zero-order valence-electron chi connectivity index (χ0n) is 10.3. The van der Waals surface area contributed by atoms with Crippen molar-refractivity contribution in [3.63, 3.8) is 0 Å². The summed E-state index contributed by atoms with van der Waals surface area (Å²) in [5, 5.41) is 0. The predicted molar refractivity (Wildman–Crippen MR) is 60.9 cm³/mol. The normalized spacial score (nSPS) is 53.6. The predicted octanol–water partition coefficient (Wildman–Crippen LogP) is 2.43. The highest BCUT2D eigenvalue weighted by molar-refractivity contribution is 5.20. The molecule has 86 valence electrons. The van der Waals surface area contributed by atoms with Gasteiger partial charge >= 0.3 is 0 Å². The van der Waals surface area contributed by atoms with Crippen LogP contribution in [0, 0.1) is 5.92 Å². The smallest absolute Gasteiger partial charge is 0.101 e. The Balaban J connectivity index is 1.83. The van der Waals surface area contributed by atoms with Crippen molar-refractivity contribution < 1.29 is 4.74 Å². The van der Waals surface area contributed by atoms with Crippen molar-refractivity contribution in [3.8, 4) is 0 Å². The molecule has 4 atom stereocenters. The van der Waals surface area contributed by atoms with Gasteiger partial charge in [-0.1, -0.05) is 6.42 Å². The van der Waals surface area contributed by atoms with Gasteiger partial charge in [0, 0.05) is 6.04 Å². The third-order valence-electron chi connectivity index (χ3n) is 5.26. The van der Waals surface area contributed by atoms with E-state index < -0.39 is 0 Å². The molecule has 0 aromatic carbocycles. The van der Waals surface area contributed by atoms with Gasteiger partial charge in [0.05, 0.1) is 5.60 Å². The summed E-state index contributed by atoms with van der Waals surface area (Å²) in [5.41, 5.74) is 0.566. The summed E-state index contributed by atoms with van der Waals surface area (Å²) in [6.45, 7) is 2.35. The van der Waals surface area contributed by atoms with Gasteiger partial charge in [-0.3, -0.25) is 0 Å². The summed E-state index contributed by atoms with van der Waals surface area (Å²) in [6, 6.07) is 0.790. The average Bonchev–Trinajstić information content (AvgIpc) is 2.58. The summed E-state index contributed by atoms with van der Waals surface area (Å²) < 4.78 is 6.17. The van der Waals surface area contributed by atoms with Crippen LogP contribution in [-0.2, 0) is 4.74 Å². The van der Waals surface area contributed by atoms with Gasteiger partial charge in [-0.15, -0.1) is 0 Å². The Morgan fingerprint density at radius 3 is 2.73 bits per heavy atom. The van der Waals surface area contributed by atoms with E-state index in [-0.39, 0.29) is 5.60 Å². The first-order chi connectivity index (χ1) is 7.07. The van der Waals surface area contributed by atoms with E-state index in [0.29, 0.717) is 5.60 Å². The van der Waals surface area contributed by atoms with Crippen molar-refractivity contribution in [2.45, 2.75) is 62.7 Å². The lowest BCUT2D eigenvalue weighted by molar-refractivity contribution is 0.159. The zero-order chi connectivity index (χ0) is 10.7. The molecule has 2 nitrogen and oxygen atoms in total. The van der Waals surface area contributed by atoms with Gasteiger partial charge in [0.25, 0.3) is 0 Å². The minimum atomic E-state index is 0.249. The van der Waals surface area contributed by atoms with E-state index in [1.165, 1.54) is 38.5 Å². The number of rotatable bonds is 1. The highest BCUT2D eigenvalue weighted by Crippen LogP contribution is 2.65. The van der Waals surface area contributed by atoms with Crippen LogP contribution < -0.4 is 0 Å². The van der Waals surface area contributed by atoms with Gasteiger partial charge in [-0.05, 0) is 59.0 Å². The van der Waals surface area contributed by atoms with Crippen LogP contribution in [0.1, 0.15) is 45.4 Å². The summed E-state index contributed by atoms with van der Waals surface area (Å²) in [5.74, 6) is 0.845. The minimum absolute atomic E-state index is 0.249. The van der Waals surface area contributed by atoms with Crippen LogP contribution >= 0.6 is 0 Å². The van der Waals surface area contributed by atoms with E-state index >= 15 is 0 Å². The van der Waals surface area contributed by atoms with Crippen molar-refractivity contribution in [1.29, 1.82) is 0 Å². The monoisotopic (exact) mass is 209 g/mol. The van der Waals surface area contributed by atoms with Crippen LogP contribution in [0.5, 0.6) is 0 Å². The second kappa shape index (κ2) is 2.98. The van der Waals surface area contributed by atoms with Gasteiger partial charge in [-0.25, -0.2) is 0 Å². The molecule has 1 spiro atoms. The molecule has 2 heteroatoms. The van der Waals surface area contributed by atoms with Gasteiger partial charge in [0.1, 0.15) is 5.60 Å². The number of ether oxygens (including phenoxy) is 1. The first kappa shape index (κ1) is 10.1. The lowest BCUT2D eigenvalue weighted by Crippen LogP contribution is -2.31. The Morgan fingerprint density at radius 1 is 1.20 bits per heavy atom. The highest BCUT2D eigenvalue weighted by atomic mass is 16.6. The topological polar surface area (TPSA) is 15.8 Å². The standard InChI is InChI=1S/C13H23NO/c1-12-8-6-11(14(2)3)9-10-5-4-7-13(10,12)15-12/h10-11H,4-9H2,1-3H3/t10-,11-,12-,13+/m1/s1. The molecule has 2 saturated carbocycles. The molecule has 0 aromatic rings. The zero-order valence-corrected chi connectivity index (χ0v) is 10.3. The first-order valence-corrected chi connectivity index (χ1v) is 6.44. The molecule has 0 unspecified atom stereocenters. The van der Waals surface area contributed by atoms with Crippen LogP contribution in [0.4, 0.5) is 0 Å². The van der Waals surface area contributed by atoms with E-state index in [0.717, 1.165) is 12.0 Å². The van der Waals surface area contributed by atoms with Crippen LogP contribution in [0.15, 0.2) is 0 Å². The van der Waals surface area contributed by atoms with E-state index in [4.69, 9.17) is 4.74 Å². The fourth-order valence-electron chi connectivity index (χ4n) is 4.18. The van der Waals surface area contributed by atoms with Gasteiger partial charge < -0.3 is 9.64 Å². The molecule has 3 aliphatic rings. The van der Waals surface area contributed by atoms with Crippen LogP contribution in [-0.4, -0.2) is 36.2 Å². The largest absolute Gasteiger partial charge is 0.363 e. The summed E-state index contributed by atoms with van der Waals surface area (Å²) in [6.07, 6.45) is 8.07. The van der Waals surface area contributed by atoms with Gasteiger partial charge in [0.15, 0.2) is 0 Å². The third kappa shape index (κ3) is 1.24. The molecule has 0 N–H and O–H groups in total. The van der Waals surface area contributed by atoms with Crippen LogP contribution in [0.3, 0.4) is 0 Å². The highest BCUT2D eigenvalue weighted by Gasteiger charge is 2.71. The fraction of sp³-hybridized carbons (Fsp3) is 1.00. The van der Waals surface area contributed by atoms with Crippen molar-refractivity contribution in [2.24, 2.45) is 5.92 Å². The molecule has 1 heterocycles. The molecule has 3 fully saturated rings. The maximum atomic E-state index is 6.17. The molecular weight excluding hydrogens is 186 g/mol. The van der Waals surface area contributed by atoms with Crippen molar-refractivity contribution >= 4 is 0 Å². The fourth-order valence-corrected chi connectivity index (χ4v) is 4.18. The van der Waals surface area contributed by atoms with Crippen LogP contribution in [0.25, 0.3) is 0 Å². The Hall–Kier alpha value is -0.0800. The van der Waals surface area contributed by atoms with Crippen molar-refractivity contribution in [3.05, 3.63) is 0 Å². The average molecular weight is 209 g/mol. The summed E-state index contributed by atoms with van der Waals surface area (Å²) in [4.78, 5) is 2.42. The van der Waals surface area contributed by atoms with Crippen molar-refractivity contribution in [1.82, 2.24) is 4.90 Å². The van der Waals surface area contributed by atoms with E-state index in [1.54, 1.807) is 0 Å². The van der Waals surface area contributed by atoms with E-state index in [1.807, 2.05) is 0 Å². The Morgan fingerprint density at radius 2 is 2.00 bits per heavy atom.